The molecule has 0 aliphatic carbocycles. The van der Waals surface area contributed by atoms with E-state index >= 15 is 0 Å². The van der Waals surface area contributed by atoms with Gasteiger partial charge in [0.05, 0.1) is 17.3 Å². The first-order valence-corrected chi connectivity index (χ1v) is 13.2. The van der Waals surface area contributed by atoms with Crippen molar-refractivity contribution >= 4 is 50.2 Å². The van der Waals surface area contributed by atoms with Crippen LogP contribution in [0, 0.1) is 5.82 Å². The third-order valence-corrected chi connectivity index (χ3v) is 6.54. The summed E-state index contributed by atoms with van der Waals surface area (Å²) in [7, 11) is -2.10. The predicted octanol–water partition coefficient (Wildman–Crippen LogP) is 3.58. The zero-order valence-electron chi connectivity index (χ0n) is 19.7. The second kappa shape index (κ2) is 12.1. The van der Waals surface area contributed by atoms with Crippen LogP contribution in [-0.4, -0.2) is 62.8 Å². The summed E-state index contributed by atoms with van der Waals surface area (Å²) in [6.07, 6.45) is 1.95. The monoisotopic (exact) mass is 536 g/mol. The van der Waals surface area contributed by atoms with Crippen LogP contribution in [-0.2, 0) is 26.0 Å². The molecule has 1 heterocycles. The smallest absolute Gasteiger partial charge is 0.412 e. The van der Waals surface area contributed by atoms with Gasteiger partial charge in [-0.2, -0.15) is 0 Å². The number of hydrogen-bond donors (Lipinski definition) is 2. The number of aromatic nitrogens is 1. The molecular weight excluding hydrogens is 511 g/mol. The standard InChI is InChI=1S/C24H26ClFN4O5S/c1-30(22(31)11-10-16-8-5-9-20(26)23(16)25)19(14-28-36(2,33)34)15-35-24(32)29-21-12-17-6-3-4-7-18(17)13-27-21/h3-9,12-13,19,28H,10-11,14-15H2,1-2H3,(H,27,29,32)/t19-/m0/s1. The number of anilines is 1. The molecule has 0 spiro atoms. The van der Waals surface area contributed by atoms with E-state index in [-0.39, 0.29) is 42.7 Å². The summed E-state index contributed by atoms with van der Waals surface area (Å²) in [4.78, 5) is 30.6. The van der Waals surface area contributed by atoms with E-state index in [4.69, 9.17) is 16.3 Å². The van der Waals surface area contributed by atoms with E-state index in [1.807, 2.05) is 24.3 Å². The van der Waals surface area contributed by atoms with E-state index in [2.05, 4.69) is 15.0 Å². The van der Waals surface area contributed by atoms with Gasteiger partial charge in [0.2, 0.25) is 15.9 Å². The number of nitrogens with one attached hydrogen (secondary N) is 2. The average Bonchev–Trinajstić information content (AvgIpc) is 2.83. The highest BCUT2D eigenvalue weighted by molar-refractivity contribution is 7.88. The van der Waals surface area contributed by atoms with E-state index < -0.39 is 28.0 Å². The molecule has 0 bridgehead atoms. The van der Waals surface area contributed by atoms with Gasteiger partial charge in [-0.05, 0) is 29.5 Å². The lowest BCUT2D eigenvalue weighted by atomic mass is 10.1. The van der Waals surface area contributed by atoms with E-state index in [0.717, 1.165) is 17.0 Å². The summed E-state index contributed by atoms with van der Waals surface area (Å²) in [6.45, 7) is -0.464. The lowest BCUT2D eigenvalue weighted by Gasteiger charge is -2.28. The van der Waals surface area contributed by atoms with E-state index in [1.54, 1.807) is 18.3 Å². The molecule has 36 heavy (non-hydrogen) atoms. The second-order valence-corrected chi connectivity index (χ2v) is 10.3. The number of rotatable bonds is 10. The number of carbonyl (C=O) groups is 2. The Morgan fingerprint density at radius 1 is 1.17 bits per heavy atom. The Kier molecular flexibility index (Phi) is 9.19. The van der Waals surface area contributed by atoms with Crippen molar-refractivity contribution in [3.63, 3.8) is 0 Å². The fourth-order valence-electron chi connectivity index (χ4n) is 3.38. The van der Waals surface area contributed by atoms with Gasteiger partial charge in [0.1, 0.15) is 18.2 Å². The highest BCUT2D eigenvalue weighted by Gasteiger charge is 2.23. The molecule has 9 nitrogen and oxygen atoms in total. The molecule has 2 aromatic carbocycles. The Labute approximate surface area is 213 Å². The molecule has 0 saturated heterocycles. The summed E-state index contributed by atoms with van der Waals surface area (Å²) in [5, 5.41) is 4.26. The average molecular weight is 537 g/mol. The summed E-state index contributed by atoms with van der Waals surface area (Å²) in [6, 6.07) is 12.7. The third kappa shape index (κ3) is 7.87. The molecule has 1 atom stereocenters. The van der Waals surface area contributed by atoms with Gasteiger partial charge >= 0.3 is 6.09 Å². The minimum absolute atomic E-state index is 0.0117. The Hall–Kier alpha value is -3.28. The van der Waals surface area contributed by atoms with Crippen LogP contribution in [0.15, 0.2) is 54.7 Å². The predicted molar refractivity (Wildman–Crippen MR) is 136 cm³/mol. The first kappa shape index (κ1) is 27.3. The number of amides is 2. The van der Waals surface area contributed by atoms with Gasteiger partial charge in [-0.15, -0.1) is 0 Å². The molecule has 1 aromatic heterocycles. The Bertz CT molecular complexity index is 1360. The molecule has 0 radical (unpaired) electrons. The minimum atomic E-state index is -3.57. The van der Waals surface area contributed by atoms with Crippen LogP contribution in [0.1, 0.15) is 12.0 Å². The first-order chi connectivity index (χ1) is 17.0. The molecule has 2 amide bonds. The summed E-state index contributed by atoms with van der Waals surface area (Å²) in [5.41, 5.74) is 0.475. The normalized spacial score (nSPS) is 12.2. The number of sulfonamides is 1. The number of ether oxygens (including phenoxy) is 1. The quantitative estimate of drug-likeness (QED) is 0.409. The van der Waals surface area contributed by atoms with Gasteiger partial charge < -0.3 is 9.64 Å². The summed E-state index contributed by atoms with van der Waals surface area (Å²) < 4.78 is 44.5. The zero-order valence-corrected chi connectivity index (χ0v) is 21.3. The van der Waals surface area contributed by atoms with Gasteiger partial charge in [0.25, 0.3) is 0 Å². The van der Waals surface area contributed by atoms with Crippen molar-refractivity contribution in [1.82, 2.24) is 14.6 Å². The lowest BCUT2D eigenvalue weighted by molar-refractivity contribution is -0.132. The molecule has 3 aromatic rings. The van der Waals surface area contributed by atoms with Crippen molar-refractivity contribution in [2.24, 2.45) is 0 Å². The number of carbonyl (C=O) groups excluding carboxylic acids is 2. The summed E-state index contributed by atoms with van der Waals surface area (Å²) in [5.74, 6) is -0.665. The van der Waals surface area contributed by atoms with Crippen molar-refractivity contribution in [2.75, 3.05) is 31.8 Å². The van der Waals surface area contributed by atoms with Crippen LogP contribution < -0.4 is 10.0 Å². The molecule has 0 fully saturated rings. The van der Waals surface area contributed by atoms with Crippen molar-refractivity contribution in [1.29, 1.82) is 0 Å². The molecule has 0 unspecified atom stereocenters. The molecule has 0 aliphatic rings. The maximum absolute atomic E-state index is 13.7. The summed E-state index contributed by atoms with van der Waals surface area (Å²) >= 11 is 5.96. The van der Waals surface area contributed by atoms with E-state index in [9.17, 15) is 22.4 Å². The van der Waals surface area contributed by atoms with Crippen LogP contribution >= 0.6 is 11.6 Å². The number of fused-ring (bicyclic) bond motifs is 1. The van der Waals surface area contributed by atoms with Crippen LogP contribution in [0.3, 0.4) is 0 Å². The van der Waals surface area contributed by atoms with Gasteiger partial charge in [-0.3, -0.25) is 10.1 Å². The fourth-order valence-corrected chi connectivity index (χ4v) is 4.10. The van der Waals surface area contributed by atoms with Gasteiger partial charge in [0, 0.05) is 31.6 Å². The van der Waals surface area contributed by atoms with Crippen molar-refractivity contribution < 1.29 is 27.1 Å². The molecule has 3 rings (SSSR count). The van der Waals surface area contributed by atoms with Gasteiger partial charge in [0.15, 0.2) is 0 Å². The SMILES string of the molecule is CN(C(=O)CCc1cccc(F)c1Cl)[C@@H](CNS(C)(=O)=O)COC(=O)Nc1cc2ccccc2cn1. The number of hydrogen-bond acceptors (Lipinski definition) is 6. The minimum Gasteiger partial charge on any atom is -0.447 e. The Morgan fingerprint density at radius 3 is 2.61 bits per heavy atom. The number of benzene rings is 2. The zero-order chi connectivity index (χ0) is 26.3. The van der Waals surface area contributed by atoms with Gasteiger partial charge in [-0.25, -0.2) is 27.3 Å². The highest BCUT2D eigenvalue weighted by Crippen LogP contribution is 2.21. The van der Waals surface area contributed by atoms with Crippen LogP contribution in [0.4, 0.5) is 15.0 Å². The molecule has 12 heteroatoms. The molecule has 0 saturated carbocycles. The topological polar surface area (TPSA) is 118 Å². The van der Waals surface area contributed by atoms with Crippen LogP contribution in [0.25, 0.3) is 10.8 Å². The largest absolute Gasteiger partial charge is 0.447 e. The van der Waals surface area contributed by atoms with Crippen molar-refractivity contribution in [3.05, 3.63) is 71.1 Å². The van der Waals surface area contributed by atoms with Crippen molar-refractivity contribution in [2.45, 2.75) is 18.9 Å². The Balaban J connectivity index is 1.62. The highest BCUT2D eigenvalue weighted by atomic mass is 35.5. The molecular formula is C24H26ClFN4O5S. The molecule has 0 aliphatic heterocycles. The van der Waals surface area contributed by atoms with E-state index in [1.165, 1.54) is 24.1 Å². The number of halogens is 2. The maximum atomic E-state index is 13.7. The number of aryl methyl sites for hydroxylation is 1. The second-order valence-electron chi connectivity index (χ2n) is 8.13. The van der Waals surface area contributed by atoms with Crippen LogP contribution in [0.5, 0.6) is 0 Å². The van der Waals surface area contributed by atoms with Gasteiger partial charge in [-0.1, -0.05) is 48.0 Å². The Morgan fingerprint density at radius 2 is 1.89 bits per heavy atom. The number of pyridine rings is 1. The van der Waals surface area contributed by atoms with E-state index in [0.29, 0.717) is 5.56 Å². The molecule has 192 valence electrons. The fraction of sp³-hybridized carbons (Fsp3) is 0.292. The third-order valence-electron chi connectivity index (χ3n) is 5.43. The maximum Gasteiger partial charge on any atom is 0.412 e. The first-order valence-electron chi connectivity index (χ1n) is 11.0. The van der Waals surface area contributed by atoms with Crippen LogP contribution in [0.2, 0.25) is 5.02 Å². The lowest BCUT2D eigenvalue weighted by Crippen LogP contribution is -2.47. The number of likely N-dealkylation sites (N-methyl/N-ethyl adjacent to an activating group) is 1. The molecule has 2 N–H and O–H groups in total. The number of nitrogens with zero attached hydrogens (tertiary/aromatic N) is 2. The van der Waals surface area contributed by atoms with Crippen molar-refractivity contribution in [3.8, 4) is 0 Å².